The molecule has 0 bridgehead atoms. The molecule has 6 heteroatoms. The third-order valence-corrected chi connectivity index (χ3v) is 1.70. The second kappa shape index (κ2) is 6.61. The van der Waals surface area contributed by atoms with E-state index in [0.29, 0.717) is 10.9 Å². The quantitative estimate of drug-likeness (QED) is 0.624. The fourth-order valence-electron chi connectivity index (χ4n) is 1.12. The summed E-state index contributed by atoms with van der Waals surface area (Å²) in [6, 6.07) is 5.73. The van der Waals surface area contributed by atoms with Crippen molar-refractivity contribution in [3.8, 4) is 5.75 Å². The van der Waals surface area contributed by atoms with Gasteiger partial charge in [-0.15, -0.1) is 0 Å². The van der Waals surface area contributed by atoms with Gasteiger partial charge in [-0.2, -0.15) is 0 Å². The molecule has 81 valence electrons. The minimum atomic E-state index is -0.365. The van der Waals surface area contributed by atoms with Gasteiger partial charge in [0.05, 0.1) is 0 Å². The molecule has 5 N–H and O–H groups in total. The van der Waals surface area contributed by atoms with Gasteiger partial charge >= 0.3 is 0 Å². The van der Waals surface area contributed by atoms with Crippen LogP contribution in [0.1, 0.15) is 0 Å². The van der Waals surface area contributed by atoms with Gasteiger partial charge in [0.15, 0.2) is 0 Å². The molecule has 2 aromatic rings. The molecule has 0 atom stereocenters. The largest absolute Gasteiger partial charge is 0.506 e. The molecule has 0 aliphatic heterocycles. The van der Waals surface area contributed by atoms with E-state index < -0.39 is 0 Å². The molecule has 1 aromatic carbocycles. The second-order valence-corrected chi connectivity index (χ2v) is 2.47. The Kier molecular flexibility index (Phi) is 7.31. The summed E-state index contributed by atoms with van der Waals surface area (Å²) in [5, 5.41) is 9.61. The molecule has 0 fully saturated rings. The van der Waals surface area contributed by atoms with Crippen molar-refractivity contribution in [2.24, 2.45) is 0 Å². The number of rotatable bonds is 0. The Balaban J connectivity index is 0. The summed E-state index contributed by atoms with van der Waals surface area (Å²) in [6.07, 6.45) is 1.52. The molecule has 1 heterocycles. The summed E-state index contributed by atoms with van der Waals surface area (Å²) in [6.45, 7) is 0. The van der Waals surface area contributed by atoms with Crippen molar-refractivity contribution >= 4 is 37.1 Å². The van der Waals surface area contributed by atoms with Crippen molar-refractivity contribution in [3.05, 3.63) is 36.3 Å². The number of benzene rings is 1. The van der Waals surface area contributed by atoms with Crippen molar-refractivity contribution in [1.29, 1.82) is 0 Å². The van der Waals surface area contributed by atoms with Crippen molar-refractivity contribution < 1.29 is 20.4 Å². The van der Waals surface area contributed by atoms with Gasteiger partial charge in [-0.05, 0) is 24.3 Å². The van der Waals surface area contributed by atoms with Crippen LogP contribution < -0.4 is 0 Å². The Bertz CT molecular complexity index is 398. The maximum absolute atomic E-state index is 13.0. The van der Waals surface area contributed by atoms with E-state index in [9.17, 15) is 9.50 Å². The Labute approximate surface area is 105 Å². The molecule has 0 aliphatic rings. The molecular weight excluding hydrogens is 398 g/mol. The number of hydrogen-bond acceptors (Lipinski definition) is 2. The van der Waals surface area contributed by atoms with Gasteiger partial charge < -0.3 is 16.1 Å². The third-order valence-electron chi connectivity index (χ3n) is 1.70. The average molecular weight is 408 g/mol. The predicted octanol–water partition coefficient (Wildman–Crippen LogP) is 0.0493. The van der Waals surface area contributed by atoms with Crippen LogP contribution in [-0.4, -0.2) is 47.2 Å². The molecule has 2 rings (SSSR count). The van der Waals surface area contributed by atoms with Gasteiger partial charge in [0.25, 0.3) is 0 Å². The zero-order chi connectivity index (χ0) is 8.55. The number of nitrogens with zero attached hydrogens (tertiary/aromatic N) is 1. The third kappa shape index (κ3) is 3.06. The van der Waals surface area contributed by atoms with Crippen molar-refractivity contribution in [1.82, 2.24) is 4.98 Å². The van der Waals surface area contributed by atoms with E-state index in [1.807, 2.05) is 0 Å². The van der Waals surface area contributed by atoms with E-state index in [2.05, 4.69) is 4.98 Å². The smallest absolute Gasteiger partial charge is 0.142 e. The van der Waals surface area contributed by atoms with Gasteiger partial charge in [-0.1, -0.05) is 0 Å². The van der Waals surface area contributed by atoms with E-state index in [1.165, 1.54) is 18.3 Å². The first kappa shape index (κ1) is 16.6. The first-order valence-corrected chi connectivity index (χ1v) is 3.51. The van der Waals surface area contributed by atoms with Crippen LogP contribution in [0.4, 0.5) is 4.39 Å². The number of hydrogen-bond donors (Lipinski definition) is 1. The van der Waals surface area contributed by atoms with Crippen molar-refractivity contribution in [3.63, 3.8) is 0 Å². The van der Waals surface area contributed by atoms with Crippen LogP contribution in [-0.2, 0) is 0 Å². The van der Waals surface area contributed by atoms with Crippen LogP contribution in [0.5, 0.6) is 5.75 Å². The first-order chi connectivity index (χ1) is 5.79. The van der Waals surface area contributed by atoms with E-state index in [4.69, 9.17) is 0 Å². The van der Waals surface area contributed by atoms with Crippen LogP contribution in [0.15, 0.2) is 30.5 Å². The van der Waals surface area contributed by atoms with Crippen molar-refractivity contribution in [2.75, 3.05) is 0 Å². The summed E-state index contributed by atoms with van der Waals surface area (Å²) in [5.74, 6) is -0.358. The summed E-state index contributed by atoms with van der Waals surface area (Å²) in [4.78, 5) is 3.85. The molecule has 0 saturated carbocycles. The normalized spacial score (nSPS) is 8.33. The van der Waals surface area contributed by atoms with Gasteiger partial charge in [0, 0.05) is 37.8 Å². The van der Waals surface area contributed by atoms with Gasteiger partial charge in [0.2, 0.25) is 0 Å². The monoisotopic (exact) mass is 408 g/mol. The number of fused-ring (bicyclic) bond motifs is 1. The standard InChI is InChI=1S/C9H6FNO.Bi.2H2O/c10-7-3-4-8(12)9-6(7)2-1-5-11-9;;;/h1-5,12H;;2*1H2. The number of aromatic hydroxyl groups is 1. The second-order valence-electron chi connectivity index (χ2n) is 2.47. The van der Waals surface area contributed by atoms with Crippen LogP contribution in [0.25, 0.3) is 10.9 Å². The minimum absolute atomic E-state index is 0. The van der Waals surface area contributed by atoms with E-state index in [1.54, 1.807) is 12.1 Å². The number of halogens is 1. The van der Waals surface area contributed by atoms with Gasteiger partial charge in [0.1, 0.15) is 17.1 Å². The predicted molar refractivity (Wildman–Crippen MR) is 56.3 cm³/mol. The molecule has 15 heavy (non-hydrogen) atoms. The Morgan fingerprint density at radius 3 is 2.40 bits per heavy atom. The first-order valence-electron chi connectivity index (χ1n) is 3.51. The SMILES string of the molecule is O.O.Oc1ccc(F)c2cccnc12.[Bi]. The maximum atomic E-state index is 13.0. The molecule has 4 nitrogen and oxygen atoms in total. The molecule has 0 aliphatic carbocycles. The fraction of sp³-hybridized carbons (Fsp3) is 0. The average Bonchev–Trinajstić information content (AvgIpc) is 2.12. The summed E-state index contributed by atoms with van der Waals surface area (Å²) >= 11 is 0. The maximum Gasteiger partial charge on any atom is 0.142 e. The Morgan fingerprint density at radius 2 is 1.80 bits per heavy atom. The molecular formula is C9H10BiFNO3. The molecule has 0 unspecified atom stereocenters. The zero-order valence-corrected chi connectivity index (χ0v) is 11.1. The van der Waals surface area contributed by atoms with Crippen LogP contribution >= 0.6 is 0 Å². The number of phenolic OH excluding ortho intramolecular Hbond substituents is 1. The van der Waals surface area contributed by atoms with Crippen LogP contribution in [0, 0.1) is 5.82 Å². The molecule has 0 spiro atoms. The topological polar surface area (TPSA) is 96.1 Å². The van der Waals surface area contributed by atoms with E-state index >= 15 is 0 Å². The Morgan fingerprint density at radius 1 is 1.13 bits per heavy atom. The van der Waals surface area contributed by atoms with Crippen molar-refractivity contribution in [2.45, 2.75) is 0 Å². The Hall–Kier alpha value is -0.837. The summed E-state index contributed by atoms with van der Waals surface area (Å²) in [5.41, 5.74) is 0.303. The molecule has 0 saturated heterocycles. The number of aromatic nitrogens is 1. The summed E-state index contributed by atoms with van der Waals surface area (Å²) < 4.78 is 13.0. The number of pyridine rings is 1. The van der Waals surface area contributed by atoms with Crippen LogP contribution in [0.3, 0.4) is 0 Å². The minimum Gasteiger partial charge on any atom is -0.506 e. The van der Waals surface area contributed by atoms with E-state index in [0.717, 1.165) is 0 Å². The molecule has 0 amide bonds. The van der Waals surface area contributed by atoms with Gasteiger partial charge in [-0.3, -0.25) is 4.98 Å². The molecule has 1 aromatic heterocycles. The summed E-state index contributed by atoms with van der Waals surface area (Å²) in [7, 11) is 0. The van der Waals surface area contributed by atoms with E-state index in [-0.39, 0.29) is 48.7 Å². The molecule has 3 radical (unpaired) electrons. The number of phenols is 1. The zero-order valence-electron chi connectivity index (χ0n) is 7.61. The van der Waals surface area contributed by atoms with Crippen LogP contribution in [0.2, 0.25) is 0 Å². The van der Waals surface area contributed by atoms with Gasteiger partial charge in [-0.25, -0.2) is 4.39 Å². The fourth-order valence-corrected chi connectivity index (χ4v) is 1.12.